The molecule has 1 aliphatic rings. The maximum atomic E-state index is 11.1. The quantitative estimate of drug-likeness (QED) is 0.597. The van der Waals surface area contributed by atoms with Gasteiger partial charge >= 0.3 is 0 Å². The summed E-state index contributed by atoms with van der Waals surface area (Å²) in [5.74, 6) is 1.95. The van der Waals surface area contributed by atoms with Gasteiger partial charge in [0, 0.05) is 12.8 Å². The lowest BCUT2D eigenvalue weighted by Gasteiger charge is -2.21. The zero-order valence-electron chi connectivity index (χ0n) is 7.60. The van der Waals surface area contributed by atoms with Crippen molar-refractivity contribution in [3.05, 3.63) is 0 Å². The summed E-state index contributed by atoms with van der Waals surface area (Å²) in [7, 11) is 0. The van der Waals surface area contributed by atoms with Crippen LogP contribution in [-0.4, -0.2) is 5.78 Å². The zero-order valence-corrected chi connectivity index (χ0v) is 7.60. The normalized spacial score (nSPS) is 26.1. The molecule has 0 N–H and O–H groups in total. The second-order valence-electron chi connectivity index (χ2n) is 4.13. The average molecular weight is 154 g/mol. The summed E-state index contributed by atoms with van der Waals surface area (Å²) in [6.45, 7) is 4.47. The van der Waals surface area contributed by atoms with Crippen molar-refractivity contribution in [2.45, 2.75) is 46.0 Å². The fourth-order valence-corrected chi connectivity index (χ4v) is 1.98. The van der Waals surface area contributed by atoms with E-state index >= 15 is 0 Å². The highest BCUT2D eigenvalue weighted by atomic mass is 16.1. The van der Waals surface area contributed by atoms with Crippen molar-refractivity contribution in [1.82, 2.24) is 0 Å². The molecule has 1 nitrogen and oxygen atoms in total. The SMILES string of the molecule is CC(C)C[C@@H]1CCCC(=O)C1. The van der Waals surface area contributed by atoms with Crippen molar-refractivity contribution in [3.63, 3.8) is 0 Å². The molecule has 1 saturated carbocycles. The molecule has 0 amide bonds. The molecule has 1 atom stereocenters. The van der Waals surface area contributed by atoms with E-state index in [0.717, 1.165) is 25.2 Å². The Kier molecular flexibility index (Phi) is 3.10. The van der Waals surface area contributed by atoms with Crippen molar-refractivity contribution >= 4 is 5.78 Å². The Balaban J connectivity index is 2.28. The number of Topliss-reactive ketones (excluding diaryl/α,β-unsaturated/α-hetero) is 1. The minimum atomic E-state index is 0.488. The second kappa shape index (κ2) is 3.89. The Hall–Kier alpha value is -0.330. The molecule has 0 saturated heterocycles. The largest absolute Gasteiger partial charge is 0.300 e. The van der Waals surface area contributed by atoms with Gasteiger partial charge in [-0.1, -0.05) is 13.8 Å². The third kappa shape index (κ3) is 3.04. The van der Waals surface area contributed by atoms with Crippen LogP contribution >= 0.6 is 0 Å². The van der Waals surface area contributed by atoms with Crippen molar-refractivity contribution in [3.8, 4) is 0 Å². The van der Waals surface area contributed by atoms with Gasteiger partial charge in [-0.05, 0) is 31.1 Å². The van der Waals surface area contributed by atoms with E-state index in [2.05, 4.69) is 13.8 Å². The van der Waals surface area contributed by atoms with Crippen molar-refractivity contribution in [2.75, 3.05) is 0 Å². The molecule has 1 heteroatoms. The Bertz CT molecular complexity index is 138. The van der Waals surface area contributed by atoms with Crippen LogP contribution in [0.5, 0.6) is 0 Å². The smallest absolute Gasteiger partial charge is 0.133 e. The van der Waals surface area contributed by atoms with Gasteiger partial charge < -0.3 is 0 Å². The first-order valence-electron chi connectivity index (χ1n) is 4.70. The molecular weight excluding hydrogens is 136 g/mol. The highest BCUT2D eigenvalue weighted by Crippen LogP contribution is 2.26. The summed E-state index contributed by atoms with van der Waals surface area (Å²) in [5.41, 5.74) is 0. The molecular formula is C10H18O. The molecule has 0 aromatic heterocycles. The monoisotopic (exact) mass is 154 g/mol. The van der Waals surface area contributed by atoms with E-state index in [1.807, 2.05) is 0 Å². The van der Waals surface area contributed by atoms with E-state index in [-0.39, 0.29) is 0 Å². The minimum absolute atomic E-state index is 0.488. The highest BCUT2D eigenvalue weighted by Gasteiger charge is 2.19. The molecule has 0 bridgehead atoms. The third-order valence-electron chi connectivity index (χ3n) is 2.39. The molecule has 0 unspecified atom stereocenters. The fraction of sp³-hybridized carbons (Fsp3) is 0.900. The van der Waals surface area contributed by atoms with E-state index in [4.69, 9.17) is 0 Å². The Morgan fingerprint density at radius 2 is 2.27 bits per heavy atom. The predicted octanol–water partition coefficient (Wildman–Crippen LogP) is 2.79. The average Bonchev–Trinajstić information content (AvgIpc) is 1.85. The van der Waals surface area contributed by atoms with E-state index in [0.29, 0.717) is 11.7 Å². The van der Waals surface area contributed by atoms with Crippen molar-refractivity contribution in [2.24, 2.45) is 11.8 Å². The summed E-state index contributed by atoms with van der Waals surface area (Å²) < 4.78 is 0. The van der Waals surface area contributed by atoms with Crippen molar-refractivity contribution in [1.29, 1.82) is 0 Å². The Morgan fingerprint density at radius 1 is 1.55 bits per heavy atom. The topological polar surface area (TPSA) is 17.1 Å². The van der Waals surface area contributed by atoms with E-state index in [1.54, 1.807) is 0 Å². The van der Waals surface area contributed by atoms with Crippen LogP contribution in [0.4, 0.5) is 0 Å². The first-order valence-corrected chi connectivity index (χ1v) is 4.70. The number of rotatable bonds is 2. The molecule has 11 heavy (non-hydrogen) atoms. The summed E-state index contributed by atoms with van der Waals surface area (Å²) in [4.78, 5) is 11.1. The molecule has 1 aliphatic carbocycles. The van der Waals surface area contributed by atoms with E-state index in [9.17, 15) is 4.79 Å². The Morgan fingerprint density at radius 3 is 2.82 bits per heavy atom. The highest BCUT2D eigenvalue weighted by molar-refractivity contribution is 5.79. The first-order chi connectivity index (χ1) is 5.18. The third-order valence-corrected chi connectivity index (χ3v) is 2.39. The van der Waals surface area contributed by atoms with Gasteiger partial charge in [0.15, 0.2) is 0 Å². The standard InChI is InChI=1S/C10H18O/c1-8(2)6-9-4-3-5-10(11)7-9/h8-9H,3-7H2,1-2H3/t9-/m0/s1. The number of ketones is 1. The van der Waals surface area contributed by atoms with Gasteiger partial charge in [-0.3, -0.25) is 4.79 Å². The van der Waals surface area contributed by atoms with E-state index < -0.39 is 0 Å². The fourth-order valence-electron chi connectivity index (χ4n) is 1.98. The van der Waals surface area contributed by atoms with Gasteiger partial charge in [-0.15, -0.1) is 0 Å². The van der Waals surface area contributed by atoms with Crippen LogP contribution in [0.25, 0.3) is 0 Å². The van der Waals surface area contributed by atoms with Gasteiger partial charge in [0.05, 0.1) is 0 Å². The summed E-state index contributed by atoms with van der Waals surface area (Å²) in [5, 5.41) is 0. The lowest BCUT2D eigenvalue weighted by atomic mass is 9.83. The maximum absolute atomic E-state index is 11.1. The van der Waals surface area contributed by atoms with Crippen molar-refractivity contribution < 1.29 is 4.79 Å². The van der Waals surface area contributed by atoms with Gasteiger partial charge in [-0.25, -0.2) is 0 Å². The van der Waals surface area contributed by atoms with E-state index in [1.165, 1.54) is 12.8 Å². The summed E-state index contributed by atoms with van der Waals surface area (Å²) >= 11 is 0. The lowest BCUT2D eigenvalue weighted by Crippen LogP contribution is -2.16. The summed E-state index contributed by atoms with van der Waals surface area (Å²) in [6, 6.07) is 0. The van der Waals surface area contributed by atoms with Crippen LogP contribution in [0.1, 0.15) is 46.0 Å². The van der Waals surface area contributed by atoms with Crippen LogP contribution in [0.15, 0.2) is 0 Å². The molecule has 64 valence electrons. The minimum Gasteiger partial charge on any atom is -0.300 e. The van der Waals surface area contributed by atoms with Crippen LogP contribution < -0.4 is 0 Å². The van der Waals surface area contributed by atoms with Gasteiger partial charge in [0.25, 0.3) is 0 Å². The first kappa shape index (κ1) is 8.76. The number of hydrogen-bond donors (Lipinski definition) is 0. The van der Waals surface area contributed by atoms with Crippen LogP contribution in [0.2, 0.25) is 0 Å². The molecule has 0 aliphatic heterocycles. The molecule has 1 rings (SSSR count). The molecule has 0 aromatic rings. The second-order valence-corrected chi connectivity index (χ2v) is 4.13. The zero-order chi connectivity index (χ0) is 8.27. The molecule has 0 spiro atoms. The molecule has 0 radical (unpaired) electrons. The predicted molar refractivity (Wildman–Crippen MR) is 46.4 cm³/mol. The number of carbonyl (C=O) groups excluding carboxylic acids is 1. The lowest BCUT2D eigenvalue weighted by molar-refractivity contribution is -0.121. The van der Waals surface area contributed by atoms with Gasteiger partial charge in [0.1, 0.15) is 5.78 Å². The van der Waals surface area contributed by atoms with Crippen LogP contribution in [0.3, 0.4) is 0 Å². The summed E-state index contributed by atoms with van der Waals surface area (Å²) in [6.07, 6.45) is 5.36. The molecule has 0 aromatic carbocycles. The Labute approximate surface area is 69.2 Å². The van der Waals surface area contributed by atoms with Gasteiger partial charge in [-0.2, -0.15) is 0 Å². The maximum Gasteiger partial charge on any atom is 0.133 e. The van der Waals surface area contributed by atoms with Crippen LogP contribution in [0, 0.1) is 11.8 Å². The number of hydrogen-bond acceptors (Lipinski definition) is 1. The molecule has 1 fully saturated rings. The van der Waals surface area contributed by atoms with Crippen LogP contribution in [-0.2, 0) is 4.79 Å². The number of carbonyl (C=O) groups is 1. The molecule has 0 heterocycles. The van der Waals surface area contributed by atoms with Gasteiger partial charge in [0.2, 0.25) is 0 Å².